The summed E-state index contributed by atoms with van der Waals surface area (Å²) in [7, 11) is 4.82. The fourth-order valence-corrected chi connectivity index (χ4v) is 2.08. The molecule has 0 aromatic heterocycles. The Morgan fingerprint density at radius 1 is 1.54 bits per heavy atom. The van der Waals surface area contributed by atoms with Crippen molar-refractivity contribution in [1.82, 2.24) is 4.90 Å². The van der Waals surface area contributed by atoms with Gasteiger partial charge in [-0.05, 0) is 32.4 Å². The first kappa shape index (κ1) is 11.2. The first-order chi connectivity index (χ1) is 6.36. The lowest BCUT2D eigenvalue weighted by Gasteiger charge is -2.26. The summed E-state index contributed by atoms with van der Waals surface area (Å²) in [6.07, 6.45) is 6.54. The molecule has 0 aliphatic carbocycles. The van der Waals surface area contributed by atoms with Gasteiger partial charge in [0.2, 0.25) is 0 Å². The normalized spacial score (nSPS) is 25.8. The standard InChI is InChI=1S/C10H21B2N/c1-3-6-13-7-4-5-10(11-2)8-12-9-13/h10H,3-9H2,1-2H3. The number of hydrogen-bond acceptors (Lipinski definition) is 1. The van der Waals surface area contributed by atoms with Crippen LogP contribution in [0.5, 0.6) is 0 Å². The molecule has 0 aromatic carbocycles. The first-order valence-electron chi connectivity index (χ1n) is 5.70. The van der Waals surface area contributed by atoms with Crippen LogP contribution in [0.25, 0.3) is 0 Å². The molecule has 0 amide bonds. The predicted octanol–water partition coefficient (Wildman–Crippen LogP) is 2.11. The highest BCUT2D eigenvalue weighted by atomic mass is 15.1. The Bertz CT molecular complexity index is 120. The minimum absolute atomic E-state index is 0.851. The number of rotatable bonds is 3. The molecule has 1 fully saturated rings. The lowest BCUT2D eigenvalue weighted by atomic mass is 9.54. The van der Waals surface area contributed by atoms with Crippen LogP contribution in [0, 0.1) is 0 Å². The number of hydrogen-bond donors (Lipinski definition) is 0. The van der Waals surface area contributed by atoms with Gasteiger partial charge in [0.05, 0.1) is 0 Å². The third-order valence-electron chi connectivity index (χ3n) is 2.92. The second-order valence-electron chi connectivity index (χ2n) is 4.06. The second kappa shape index (κ2) is 6.53. The Hall–Kier alpha value is 0.0899. The van der Waals surface area contributed by atoms with Gasteiger partial charge in [-0.15, -0.1) is 0 Å². The van der Waals surface area contributed by atoms with E-state index in [0.29, 0.717) is 0 Å². The van der Waals surface area contributed by atoms with E-state index in [-0.39, 0.29) is 0 Å². The highest BCUT2D eigenvalue weighted by molar-refractivity contribution is 6.42. The average Bonchev–Trinajstić information content (AvgIpc) is 2.09. The van der Waals surface area contributed by atoms with Crippen molar-refractivity contribution >= 4 is 14.6 Å². The van der Waals surface area contributed by atoms with Gasteiger partial charge in [-0.1, -0.05) is 32.3 Å². The van der Waals surface area contributed by atoms with Crippen molar-refractivity contribution in [3.63, 3.8) is 0 Å². The van der Waals surface area contributed by atoms with Gasteiger partial charge in [0.15, 0.2) is 0 Å². The summed E-state index contributed by atoms with van der Waals surface area (Å²) in [5, 5.41) is 0. The molecule has 0 aromatic rings. The maximum atomic E-state index is 2.58. The Morgan fingerprint density at radius 3 is 3.08 bits per heavy atom. The Morgan fingerprint density at radius 2 is 2.38 bits per heavy atom. The van der Waals surface area contributed by atoms with Gasteiger partial charge in [-0.25, -0.2) is 0 Å². The Balaban J connectivity index is 2.22. The van der Waals surface area contributed by atoms with Crippen LogP contribution >= 0.6 is 0 Å². The van der Waals surface area contributed by atoms with Crippen LogP contribution < -0.4 is 0 Å². The summed E-state index contributed by atoms with van der Waals surface area (Å²) < 4.78 is 0. The Kier molecular flexibility index (Phi) is 5.61. The van der Waals surface area contributed by atoms with Crippen molar-refractivity contribution in [3.05, 3.63) is 0 Å². The lowest BCUT2D eigenvalue weighted by Crippen LogP contribution is -2.32. The topological polar surface area (TPSA) is 3.24 Å². The van der Waals surface area contributed by atoms with Crippen LogP contribution in [0.4, 0.5) is 0 Å². The van der Waals surface area contributed by atoms with Gasteiger partial charge in [0.1, 0.15) is 14.6 Å². The molecule has 1 rings (SSSR count). The van der Waals surface area contributed by atoms with Crippen molar-refractivity contribution in [2.75, 3.05) is 19.5 Å². The molecule has 1 aliphatic heterocycles. The third-order valence-corrected chi connectivity index (χ3v) is 2.92. The molecule has 1 aliphatic rings. The predicted molar refractivity (Wildman–Crippen MR) is 61.9 cm³/mol. The van der Waals surface area contributed by atoms with E-state index in [0.717, 1.165) is 5.82 Å². The van der Waals surface area contributed by atoms with Crippen LogP contribution in [-0.2, 0) is 0 Å². The summed E-state index contributed by atoms with van der Waals surface area (Å²) in [6.45, 7) is 7.04. The molecule has 3 heteroatoms. The van der Waals surface area contributed by atoms with Crippen molar-refractivity contribution in [3.8, 4) is 0 Å². The van der Waals surface area contributed by atoms with E-state index in [1.54, 1.807) is 0 Å². The number of nitrogens with zero attached hydrogens (tertiary/aromatic N) is 1. The zero-order chi connectivity index (χ0) is 9.52. The van der Waals surface area contributed by atoms with Gasteiger partial charge >= 0.3 is 0 Å². The molecular formula is C10H21B2N. The molecule has 0 N–H and O–H groups in total. The van der Waals surface area contributed by atoms with Gasteiger partial charge in [-0.2, -0.15) is 0 Å². The molecule has 2 radical (unpaired) electrons. The van der Waals surface area contributed by atoms with Crippen molar-refractivity contribution < 1.29 is 0 Å². The monoisotopic (exact) mass is 177 g/mol. The van der Waals surface area contributed by atoms with Gasteiger partial charge in [0, 0.05) is 0 Å². The van der Waals surface area contributed by atoms with E-state index in [1.165, 1.54) is 45.1 Å². The molecule has 0 saturated carbocycles. The van der Waals surface area contributed by atoms with E-state index < -0.39 is 0 Å². The summed E-state index contributed by atoms with van der Waals surface area (Å²) in [5.74, 6) is 0.851. The highest BCUT2D eigenvalue weighted by Gasteiger charge is 2.13. The molecule has 0 spiro atoms. The molecule has 1 atom stereocenters. The van der Waals surface area contributed by atoms with E-state index in [2.05, 4.69) is 33.2 Å². The molecule has 1 saturated heterocycles. The summed E-state index contributed by atoms with van der Waals surface area (Å²) in [6, 6.07) is 0. The fraction of sp³-hybridized carbons (Fsp3) is 1.00. The van der Waals surface area contributed by atoms with Gasteiger partial charge < -0.3 is 4.90 Å². The molecule has 13 heavy (non-hydrogen) atoms. The Labute approximate surface area is 84.8 Å². The van der Waals surface area contributed by atoms with E-state index in [1.807, 2.05) is 0 Å². The van der Waals surface area contributed by atoms with Crippen LogP contribution in [-0.4, -0.2) is 39.0 Å². The second-order valence-corrected chi connectivity index (χ2v) is 4.06. The smallest absolute Gasteiger partial charge is 0.128 e. The largest absolute Gasteiger partial charge is 0.311 e. The zero-order valence-electron chi connectivity index (χ0n) is 9.13. The quantitative estimate of drug-likeness (QED) is 0.596. The highest BCUT2D eigenvalue weighted by Crippen LogP contribution is 2.19. The van der Waals surface area contributed by atoms with E-state index in [4.69, 9.17) is 0 Å². The van der Waals surface area contributed by atoms with E-state index >= 15 is 0 Å². The maximum Gasteiger partial charge on any atom is 0.128 e. The SMILES string of the molecule is C[B]C1C[B]CN(CCC)CCC1. The van der Waals surface area contributed by atoms with Crippen LogP contribution in [0.3, 0.4) is 0 Å². The van der Waals surface area contributed by atoms with E-state index in [9.17, 15) is 0 Å². The fourth-order valence-electron chi connectivity index (χ4n) is 2.08. The molecule has 0 bridgehead atoms. The van der Waals surface area contributed by atoms with Crippen LogP contribution in [0.1, 0.15) is 26.2 Å². The van der Waals surface area contributed by atoms with Crippen LogP contribution in [0.2, 0.25) is 19.0 Å². The molecule has 72 valence electrons. The van der Waals surface area contributed by atoms with Crippen molar-refractivity contribution in [2.45, 2.75) is 45.1 Å². The van der Waals surface area contributed by atoms with Gasteiger partial charge in [-0.3, -0.25) is 0 Å². The molecule has 1 heterocycles. The van der Waals surface area contributed by atoms with Crippen molar-refractivity contribution in [1.29, 1.82) is 0 Å². The summed E-state index contributed by atoms with van der Waals surface area (Å²) in [4.78, 5) is 2.58. The maximum absolute atomic E-state index is 2.58. The molecule has 1 nitrogen and oxygen atoms in total. The molecular weight excluding hydrogens is 156 g/mol. The first-order valence-corrected chi connectivity index (χ1v) is 5.70. The van der Waals surface area contributed by atoms with Gasteiger partial charge in [0.25, 0.3) is 0 Å². The van der Waals surface area contributed by atoms with Crippen LogP contribution in [0.15, 0.2) is 0 Å². The minimum atomic E-state index is 0.851. The van der Waals surface area contributed by atoms with Crippen molar-refractivity contribution in [2.24, 2.45) is 0 Å². The lowest BCUT2D eigenvalue weighted by molar-refractivity contribution is 0.304. The third kappa shape index (κ3) is 4.21. The average molecular weight is 177 g/mol. The zero-order valence-corrected chi connectivity index (χ0v) is 9.13. The minimum Gasteiger partial charge on any atom is -0.311 e. The summed E-state index contributed by atoms with van der Waals surface area (Å²) in [5.41, 5.74) is 0. The molecule has 1 unspecified atom stereocenters. The summed E-state index contributed by atoms with van der Waals surface area (Å²) >= 11 is 0.